The van der Waals surface area contributed by atoms with E-state index in [0.717, 1.165) is 31.4 Å². The van der Waals surface area contributed by atoms with Crippen LogP contribution in [-0.4, -0.2) is 17.3 Å². The van der Waals surface area contributed by atoms with Gasteiger partial charge in [0.15, 0.2) is 0 Å². The predicted octanol–water partition coefficient (Wildman–Crippen LogP) is 2.62. The second kappa shape index (κ2) is 6.19. The number of rotatable bonds is 4. The molecule has 1 aliphatic heterocycles. The zero-order valence-electron chi connectivity index (χ0n) is 11.4. The molecule has 0 aromatic carbocycles. The van der Waals surface area contributed by atoms with Gasteiger partial charge in [0.1, 0.15) is 0 Å². The van der Waals surface area contributed by atoms with E-state index in [-0.39, 0.29) is 11.7 Å². The van der Waals surface area contributed by atoms with Crippen LogP contribution in [0.4, 0.5) is 0 Å². The van der Waals surface area contributed by atoms with Crippen LogP contribution < -0.4 is 5.56 Å². The SMILES string of the molecule is CC(C)Cc1cccn(C[C@H]2CCCCO2)c1=O. The van der Waals surface area contributed by atoms with Crippen LogP contribution in [0, 0.1) is 5.92 Å². The van der Waals surface area contributed by atoms with Gasteiger partial charge in [0, 0.05) is 18.4 Å². The van der Waals surface area contributed by atoms with E-state index in [0.29, 0.717) is 12.5 Å². The Morgan fingerprint density at radius 2 is 2.28 bits per heavy atom. The summed E-state index contributed by atoms with van der Waals surface area (Å²) >= 11 is 0. The fraction of sp³-hybridized carbons (Fsp3) is 0.667. The van der Waals surface area contributed by atoms with Crippen LogP contribution in [0.15, 0.2) is 23.1 Å². The molecule has 0 saturated carbocycles. The van der Waals surface area contributed by atoms with Crippen LogP contribution in [0.5, 0.6) is 0 Å². The third kappa shape index (κ3) is 3.45. The lowest BCUT2D eigenvalue weighted by Crippen LogP contribution is -2.31. The number of hydrogen-bond donors (Lipinski definition) is 0. The first-order valence-corrected chi connectivity index (χ1v) is 6.96. The van der Waals surface area contributed by atoms with E-state index < -0.39 is 0 Å². The van der Waals surface area contributed by atoms with Crippen LogP contribution in [0.25, 0.3) is 0 Å². The molecule has 1 saturated heterocycles. The highest BCUT2D eigenvalue weighted by Crippen LogP contribution is 2.14. The molecule has 2 heterocycles. The molecule has 1 atom stereocenters. The lowest BCUT2D eigenvalue weighted by atomic mass is 10.0. The Bertz CT molecular complexity index is 430. The molecule has 3 nitrogen and oxygen atoms in total. The minimum absolute atomic E-state index is 0.153. The summed E-state index contributed by atoms with van der Waals surface area (Å²) in [4.78, 5) is 12.3. The molecule has 18 heavy (non-hydrogen) atoms. The fourth-order valence-electron chi connectivity index (χ4n) is 2.50. The molecule has 1 aliphatic rings. The molecule has 3 heteroatoms. The lowest BCUT2D eigenvalue weighted by molar-refractivity contribution is 0.00538. The van der Waals surface area contributed by atoms with E-state index in [4.69, 9.17) is 4.74 Å². The average Bonchev–Trinajstić information content (AvgIpc) is 2.35. The molecule has 0 spiro atoms. The van der Waals surface area contributed by atoms with Crippen molar-refractivity contribution in [2.45, 2.75) is 52.2 Å². The average molecular weight is 249 g/mol. The zero-order valence-corrected chi connectivity index (χ0v) is 11.4. The fourth-order valence-corrected chi connectivity index (χ4v) is 2.50. The van der Waals surface area contributed by atoms with Crippen molar-refractivity contribution in [3.05, 3.63) is 34.2 Å². The van der Waals surface area contributed by atoms with Crippen molar-refractivity contribution in [2.24, 2.45) is 5.92 Å². The molecule has 0 unspecified atom stereocenters. The maximum absolute atomic E-state index is 12.3. The van der Waals surface area contributed by atoms with Gasteiger partial charge in [-0.3, -0.25) is 4.79 Å². The Morgan fingerprint density at radius 3 is 2.94 bits per heavy atom. The van der Waals surface area contributed by atoms with E-state index in [1.165, 1.54) is 6.42 Å². The smallest absolute Gasteiger partial charge is 0.253 e. The number of nitrogens with zero attached hydrogens (tertiary/aromatic N) is 1. The predicted molar refractivity (Wildman–Crippen MR) is 72.8 cm³/mol. The van der Waals surface area contributed by atoms with Crippen molar-refractivity contribution in [1.82, 2.24) is 4.57 Å². The van der Waals surface area contributed by atoms with E-state index in [1.54, 1.807) is 0 Å². The van der Waals surface area contributed by atoms with Crippen molar-refractivity contribution >= 4 is 0 Å². The topological polar surface area (TPSA) is 31.2 Å². The first kappa shape index (κ1) is 13.3. The summed E-state index contributed by atoms with van der Waals surface area (Å²) in [7, 11) is 0. The minimum atomic E-state index is 0.153. The van der Waals surface area contributed by atoms with Gasteiger partial charge in [0.2, 0.25) is 0 Å². The molecule has 0 radical (unpaired) electrons. The maximum atomic E-state index is 12.3. The van der Waals surface area contributed by atoms with Gasteiger partial charge < -0.3 is 9.30 Å². The van der Waals surface area contributed by atoms with Gasteiger partial charge in [-0.15, -0.1) is 0 Å². The van der Waals surface area contributed by atoms with E-state index >= 15 is 0 Å². The van der Waals surface area contributed by atoms with Crippen molar-refractivity contribution in [2.75, 3.05) is 6.61 Å². The molecule has 2 rings (SSSR count). The molecule has 1 aromatic heterocycles. The highest BCUT2D eigenvalue weighted by molar-refractivity contribution is 5.11. The maximum Gasteiger partial charge on any atom is 0.253 e. The van der Waals surface area contributed by atoms with Crippen LogP contribution in [-0.2, 0) is 17.7 Å². The monoisotopic (exact) mass is 249 g/mol. The molecule has 100 valence electrons. The molecule has 1 aromatic rings. The van der Waals surface area contributed by atoms with Crippen LogP contribution >= 0.6 is 0 Å². The summed E-state index contributed by atoms with van der Waals surface area (Å²) in [6.45, 7) is 5.82. The Morgan fingerprint density at radius 1 is 1.44 bits per heavy atom. The van der Waals surface area contributed by atoms with Crippen LogP contribution in [0.3, 0.4) is 0 Å². The van der Waals surface area contributed by atoms with Crippen LogP contribution in [0.1, 0.15) is 38.7 Å². The van der Waals surface area contributed by atoms with Gasteiger partial charge in [-0.25, -0.2) is 0 Å². The van der Waals surface area contributed by atoms with Crippen LogP contribution in [0.2, 0.25) is 0 Å². The van der Waals surface area contributed by atoms with E-state index in [1.807, 2.05) is 22.9 Å². The Kier molecular flexibility index (Phi) is 4.59. The van der Waals surface area contributed by atoms with Crippen molar-refractivity contribution in [1.29, 1.82) is 0 Å². The molecular weight excluding hydrogens is 226 g/mol. The van der Waals surface area contributed by atoms with Gasteiger partial charge in [0.25, 0.3) is 5.56 Å². The number of aromatic nitrogens is 1. The molecule has 0 amide bonds. The van der Waals surface area contributed by atoms with E-state index in [9.17, 15) is 4.79 Å². The highest BCUT2D eigenvalue weighted by Gasteiger charge is 2.15. The van der Waals surface area contributed by atoms with Crippen molar-refractivity contribution < 1.29 is 4.74 Å². The summed E-state index contributed by atoms with van der Waals surface area (Å²) in [5.74, 6) is 0.513. The largest absolute Gasteiger partial charge is 0.376 e. The van der Waals surface area contributed by atoms with Crippen molar-refractivity contribution in [3.8, 4) is 0 Å². The van der Waals surface area contributed by atoms with Gasteiger partial charge in [-0.1, -0.05) is 19.9 Å². The minimum Gasteiger partial charge on any atom is -0.376 e. The lowest BCUT2D eigenvalue weighted by Gasteiger charge is -2.23. The molecule has 0 bridgehead atoms. The Balaban J connectivity index is 2.10. The normalized spacial score (nSPS) is 20.3. The quantitative estimate of drug-likeness (QED) is 0.821. The number of ether oxygens (including phenoxy) is 1. The second-order valence-electron chi connectivity index (χ2n) is 5.58. The number of hydrogen-bond acceptors (Lipinski definition) is 2. The number of pyridine rings is 1. The second-order valence-corrected chi connectivity index (χ2v) is 5.58. The molecule has 0 N–H and O–H groups in total. The molecule has 0 aliphatic carbocycles. The Hall–Kier alpha value is -1.09. The van der Waals surface area contributed by atoms with Crippen molar-refractivity contribution in [3.63, 3.8) is 0 Å². The summed E-state index contributed by atoms with van der Waals surface area (Å²) in [5.41, 5.74) is 1.07. The van der Waals surface area contributed by atoms with Gasteiger partial charge in [-0.2, -0.15) is 0 Å². The highest BCUT2D eigenvalue weighted by atomic mass is 16.5. The first-order valence-electron chi connectivity index (χ1n) is 6.96. The van der Waals surface area contributed by atoms with Gasteiger partial charge in [-0.05, 0) is 37.7 Å². The first-order chi connectivity index (χ1) is 8.66. The third-order valence-corrected chi connectivity index (χ3v) is 3.40. The summed E-state index contributed by atoms with van der Waals surface area (Å²) in [5, 5.41) is 0. The van der Waals surface area contributed by atoms with Gasteiger partial charge >= 0.3 is 0 Å². The van der Waals surface area contributed by atoms with E-state index in [2.05, 4.69) is 13.8 Å². The van der Waals surface area contributed by atoms with Gasteiger partial charge in [0.05, 0.1) is 12.6 Å². The Labute approximate surface area is 109 Å². The standard InChI is InChI=1S/C15H23NO2/c1-12(2)10-13-6-5-8-16(15(13)17)11-14-7-3-4-9-18-14/h5-6,8,12,14H,3-4,7,9-11H2,1-2H3/t14-/m1/s1. The summed E-state index contributed by atoms with van der Waals surface area (Å²) < 4.78 is 7.51. The summed E-state index contributed by atoms with van der Waals surface area (Å²) in [6, 6.07) is 3.92. The summed E-state index contributed by atoms with van der Waals surface area (Å²) in [6.07, 6.45) is 6.38. The third-order valence-electron chi connectivity index (χ3n) is 3.40. The molecule has 1 fully saturated rings. The molecular formula is C15H23NO2. The zero-order chi connectivity index (χ0) is 13.0.